The summed E-state index contributed by atoms with van der Waals surface area (Å²) in [5.74, 6) is -2.04. The highest BCUT2D eigenvalue weighted by Crippen LogP contribution is 2.13. The Hall–Kier alpha value is -4.00. The molecule has 0 saturated carbocycles. The number of nitrogens with zero attached hydrogens (tertiary/aromatic N) is 2. The predicted octanol–water partition coefficient (Wildman–Crippen LogP) is 3.60. The van der Waals surface area contributed by atoms with Crippen molar-refractivity contribution in [2.24, 2.45) is 11.8 Å². The molecule has 0 radical (unpaired) electrons. The predicted molar refractivity (Wildman–Crippen MR) is 198 cm³/mol. The summed E-state index contributed by atoms with van der Waals surface area (Å²) in [5, 5.41) is 12.5. The van der Waals surface area contributed by atoms with E-state index in [9.17, 15) is 24.0 Å². The van der Waals surface area contributed by atoms with Crippen LogP contribution in [0.25, 0.3) is 0 Å². The number of carbonyl (C=O) groups is 5. The molecule has 0 aliphatic carbocycles. The molecular weight excluding hydrogens is 660 g/mol. The molecule has 0 aliphatic heterocycles. The van der Waals surface area contributed by atoms with Gasteiger partial charge in [0.25, 0.3) is 17.7 Å². The van der Waals surface area contributed by atoms with Gasteiger partial charge in [0, 0.05) is 37.7 Å². The quantitative estimate of drug-likeness (QED) is 0.153. The van der Waals surface area contributed by atoms with E-state index in [0.717, 1.165) is 30.3 Å². The first kappa shape index (κ1) is 44.0. The molecule has 0 heterocycles. The van der Waals surface area contributed by atoms with Crippen LogP contribution in [0.5, 0.6) is 0 Å². The Morgan fingerprint density at radius 2 is 1.20 bits per heavy atom. The van der Waals surface area contributed by atoms with Crippen molar-refractivity contribution >= 4 is 41.9 Å². The molecule has 278 valence electrons. The molecule has 0 saturated heterocycles. The van der Waals surface area contributed by atoms with Crippen molar-refractivity contribution in [3.63, 3.8) is 0 Å². The minimum atomic E-state index is -1.02. The van der Waals surface area contributed by atoms with E-state index in [2.05, 4.69) is 40.0 Å². The second kappa shape index (κ2) is 22.7. The summed E-state index contributed by atoms with van der Waals surface area (Å²) in [4.78, 5) is 73.7. The lowest BCUT2D eigenvalue weighted by Gasteiger charge is -2.28. The van der Waals surface area contributed by atoms with Crippen LogP contribution in [0, 0.1) is 11.8 Å². The number of nitrogens with one attached hydrogen (secondary N) is 4. The van der Waals surface area contributed by atoms with Crippen molar-refractivity contribution in [2.45, 2.75) is 78.9 Å². The molecule has 2 aromatic rings. The highest BCUT2D eigenvalue weighted by Gasteiger charge is 2.32. The smallest absolute Gasteiger partial charge is 0.268 e. The van der Waals surface area contributed by atoms with Gasteiger partial charge in [-0.25, -0.2) is 5.06 Å². The maximum atomic E-state index is 13.8. The molecule has 12 nitrogen and oxygen atoms in total. The molecule has 0 aromatic heterocycles. The minimum absolute atomic E-state index is 0. The van der Waals surface area contributed by atoms with Gasteiger partial charge in [0.05, 0.1) is 7.11 Å². The van der Waals surface area contributed by atoms with Gasteiger partial charge < -0.3 is 26.2 Å². The molecule has 50 heavy (non-hydrogen) atoms. The Morgan fingerprint density at radius 3 is 1.72 bits per heavy atom. The Morgan fingerprint density at radius 1 is 0.700 bits per heavy atom. The summed E-state index contributed by atoms with van der Waals surface area (Å²) < 4.78 is 0. The van der Waals surface area contributed by atoms with Crippen molar-refractivity contribution in [3.8, 4) is 0 Å². The van der Waals surface area contributed by atoms with Crippen LogP contribution in [0.15, 0.2) is 54.6 Å². The fraction of sp³-hybridized carbons (Fsp3) is 0.541. The highest BCUT2D eigenvalue weighted by molar-refractivity contribution is 6.00. The molecule has 0 bridgehead atoms. The lowest BCUT2D eigenvalue weighted by molar-refractivity contribution is -0.172. The Kier molecular flexibility index (Phi) is 20.0. The van der Waals surface area contributed by atoms with Gasteiger partial charge in [-0.1, -0.05) is 71.9 Å². The summed E-state index contributed by atoms with van der Waals surface area (Å²) in [6.45, 7) is 14.9. The van der Waals surface area contributed by atoms with Crippen LogP contribution >= 0.6 is 12.4 Å². The molecule has 3 atom stereocenters. The van der Waals surface area contributed by atoms with Crippen molar-refractivity contribution < 1.29 is 28.8 Å². The Balaban J connectivity index is 0.0000125. The minimum Gasteiger partial charge on any atom is -0.351 e. The Bertz CT molecular complexity index is 1350. The van der Waals surface area contributed by atoms with Gasteiger partial charge in [-0.2, -0.15) is 0 Å². The number of hydrogen-bond acceptors (Lipinski definition) is 7. The molecule has 13 heteroatoms. The molecule has 0 fully saturated rings. The zero-order valence-electron chi connectivity index (χ0n) is 30.8. The third-order valence-corrected chi connectivity index (χ3v) is 8.17. The zero-order valence-corrected chi connectivity index (χ0v) is 31.6. The van der Waals surface area contributed by atoms with Crippen LogP contribution in [-0.4, -0.2) is 98.0 Å². The van der Waals surface area contributed by atoms with Gasteiger partial charge in [0.1, 0.15) is 18.1 Å². The van der Waals surface area contributed by atoms with Crippen LogP contribution < -0.4 is 21.3 Å². The van der Waals surface area contributed by atoms with E-state index >= 15 is 0 Å². The Labute approximate surface area is 303 Å². The molecular formula is C37H57ClN6O6. The fourth-order valence-corrected chi connectivity index (χ4v) is 5.29. The number of hydrogen-bond donors (Lipinski definition) is 4. The van der Waals surface area contributed by atoms with Gasteiger partial charge >= 0.3 is 0 Å². The van der Waals surface area contributed by atoms with Gasteiger partial charge in [-0.05, 0) is 67.6 Å². The van der Waals surface area contributed by atoms with Gasteiger partial charge in [-0.15, -0.1) is 12.4 Å². The fourth-order valence-electron chi connectivity index (χ4n) is 5.29. The van der Waals surface area contributed by atoms with E-state index in [-0.39, 0.29) is 42.1 Å². The third kappa shape index (κ3) is 14.9. The largest absolute Gasteiger partial charge is 0.351 e. The maximum absolute atomic E-state index is 13.8. The summed E-state index contributed by atoms with van der Waals surface area (Å²) in [7, 11) is 2.85. The molecule has 2 aromatic carbocycles. The molecule has 0 unspecified atom stereocenters. The zero-order chi connectivity index (χ0) is 36.5. The second-order valence-electron chi connectivity index (χ2n) is 13.0. The normalized spacial score (nSPS) is 12.8. The molecule has 2 rings (SSSR count). The van der Waals surface area contributed by atoms with Crippen molar-refractivity contribution in [1.29, 1.82) is 0 Å². The van der Waals surface area contributed by atoms with E-state index in [1.54, 1.807) is 24.3 Å². The number of carbonyl (C=O) groups excluding carboxylic acids is 5. The van der Waals surface area contributed by atoms with Gasteiger partial charge in [0.2, 0.25) is 11.8 Å². The average Bonchev–Trinajstić information content (AvgIpc) is 3.08. The number of likely N-dealkylation sites (N-methyl/N-ethyl adjacent to an activating group) is 2. The average molecular weight is 717 g/mol. The first-order valence-electron chi connectivity index (χ1n) is 17.2. The standard InChI is InChI=1S/C37H56N6O6.ClH/c1-9-43(10-2)21-20-38-33(44)28-16-18-29(19-17-28)34(45)39-31(24-27-14-12-11-13-15-27)36(47)40-30(22-25(3)4)35(46)41-32(23-26(5)6)37(48)42(7)49-8;/h11-19,25-26,30-32H,9-10,20-24H2,1-8H3,(H,38,44)(H,39,45)(H,40,47)(H,41,46);1H/t30-,31-,32-;/m0./s1. The van der Waals surface area contributed by atoms with E-state index in [1.165, 1.54) is 14.2 Å². The van der Waals surface area contributed by atoms with E-state index < -0.39 is 41.8 Å². The topological polar surface area (TPSA) is 149 Å². The number of hydroxylamine groups is 2. The first-order valence-corrected chi connectivity index (χ1v) is 17.2. The number of amides is 5. The van der Waals surface area contributed by atoms with Gasteiger partial charge in [-0.3, -0.25) is 28.8 Å². The summed E-state index contributed by atoms with van der Waals surface area (Å²) in [6, 6.07) is 12.7. The number of halogens is 1. The lowest BCUT2D eigenvalue weighted by atomic mass is 9.99. The van der Waals surface area contributed by atoms with Crippen LogP contribution in [0.1, 0.15) is 80.7 Å². The lowest BCUT2D eigenvalue weighted by Crippen LogP contribution is -2.57. The van der Waals surface area contributed by atoms with Crippen molar-refractivity contribution in [2.75, 3.05) is 40.3 Å². The van der Waals surface area contributed by atoms with Crippen LogP contribution in [0.2, 0.25) is 0 Å². The maximum Gasteiger partial charge on any atom is 0.268 e. The highest BCUT2D eigenvalue weighted by atomic mass is 35.5. The number of rotatable bonds is 20. The third-order valence-electron chi connectivity index (χ3n) is 8.17. The SMILES string of the molecule is CCN(CC)CCNC(=O)c1ccc(C(=O)N[C@@H](Cc2ccccc2)C(=O)N[C@@H](CC(C)C)C(=O)N[C@@H](CC(C)C)C(=O)N(C)OC)cc1.Cl. The molecule has 0 aliphatic rings. The molecule has 0 spiro atoms. The van der Waals surface area contributed by atoms with Crippen molar-refractivity contribution in [3.05, 3.63) is 71.3 Å². The monoisotopic (exact) mass is 716 g/mol. The summed E-state index contributed by atoms with van der Waals surface area (Å²) >= 11 is 0. The van der Waals surface area contributed by atoms with Crippen molar-refractivity contribution in [1.82, 2.24) is 31.2 Å². The van der Waals surface area contributed by atoms with Crippen LogP contribution in [-0.2, 0) is 25.6 Å². The number of benzene rings is 2. The molecule has 4 N–H and O–H groups in total. The van der Waals surface area contributed by atoms with Gasteiger partial charge in [0.15, 0.2) is 0 Å². The van der Waals surface area contributed by atoms with E-state index in [0.29, 0.717) is 24.9 Å². The first-order chi connectivity index (χ1) is 23.3. The summed E-state index contributed by atoms with van der Waals surface area (Å²) in [6.07, 6.45) is 0.864. The van der Waals surface area contributed by atoms with E-state index in [4.69, 9.17) is 4.84 Å². The summed E-state index contributed by atoms with van der Waals surface area (Å²) in [5.41, 5.74) is 1.51. The van der Waals surface area contributed by atoms with Crippen LogP contribution in [0.3, 0.4) is 0 Å². The molecule has 5 amide bonds. The van der Waals surface area contributed by atoms with Crippen LogP contribution in [0.4, 0.5) is 0 Å². The van der Waals surface area contributed by atoms with E-state index in [1.807, 2.05) is 58.0 Å². The second-order valence-corrected chi connectivity index (χ2v) is 13.0.